The largest absolute Gasteiger partial charge is 0.438 e. The van der Waals surface area contributed by atoms with E-state index in [2.05, 4.69) is 0 Å². The molecule has 0 aliphatic carbocycles. The summed E-state index contributed by atoms with van der Waals surface area (Å²) < 4.78 is 263. The van der Waals surface area contributed by atoms with E-state index in [4.69, 9.17) is 4.55 Å². The second-order valence-electron chi connectivity index (χ2n) is 6.46. The van der Waals surface area contributed by atoms with E-state index in [1.807, 2.05) is 0 Å². The zero-order valence-corrected chi connectivity index (χ0v) is 16.0. The number of rotatable bonds is 11. The van der Waals surface area contributed by atoms with Crippen LogP contribution in [0.1, 0.15) is 19.3 Å². The van der Waals surface area contributed by atoms with Gasteiger partial charge in [0.05, 0.1) is 0 Å². The predicted molar refractivity (Wildman–Crippen MR) is 71.0 cm³/mol. The van der Waals surface area contributed by atoms with Crippen molar-refractivity contribution in [3.8, 4) is 0 Å². The van der Waals surface area contributed by atoms with Crippen molar-refractivity contribution in [2.75, 3.05) is 0 Å². The standard InChI is InChI=1S/C12H8F18O3S/c13-4(2-1-3-5(14,15)16)6(17,18)7(19,20)8(21,22)9(23,24)10(25,26)11(27,28)12(29,30)34(31,32)33/h4H,1-3H2,(H,31,32,33). The summed E-state index contributed by atoms with van der Waals surface area (Å²) in [6.07, 6.45) is -16.7. The minimum absolute atomic E-state index is 1.88. The lowest BCUT2D eigenvalue weighted by atomic mass is 9.89. The van der Waals surface area contributed by atoms with Gasteiger partial charge in [0.2, 0.25) is 0 Å². The first-order valence-electron chi connectivity index (χ1n) is 7.70. The SMILES string of the molecule is O=S(=O)(O)C(F)(F)C(F)(F)C(F)(F)C(F)(F)C(F)(F)C(F)(F)C(F)(F)C(F)CCCC(F)(F)F. The van der Waals surface area contributed by atoms with Crippen LogP contribution in [0.2, 0.25) is 0 Å². The summed E-state index contributed by atoms with van der Waals surface area (Å²) in [7, 11) is -7.88. The molecule has 3 nitrogen and oxygen atoms in total. The van der Waals surface area contributed by atoms with Crippen molar-refractivity contribution in [2.24, 2.45) is 0 Å². The topological polar surface area (TPSA) is 54.4 Å². The Morgan fingerprint density at radius 1 is 0.588 bits per heavy atom. The van der Waals surface area contributed by atoms with Crippen molar-refractivity contribution in [1.29, 1.82) is 0 Å². The van der Waals surface area contributed by atoms with Crippen molar-refractivity contribution in [2.45, 2.75) is 72.4 Å². The molecule has 206 valence electrons. The lowest BCUT2D eigenvalue weighted by Crippen LogP contribution is -2.74. The van der Waals surface area contributed by atoms with Gasteiger partial charge in [-0.3, -0.25) is 4.55 Å². The molecule has 0 heterocycles. The van der Waals surface area contributed by atoms with E-state index in [1.165, 1.54) is 0 Å². The molecular weight excluding hydrogens is 566 g/mol. The Labute approximate surface area is 175 Å². The Hall–Kier alpha value is -1.35. The summed E-state index contributed by atoms with van der Waals surface area (Å²) in [4.78, 5) is 0. The molecule has 0 fully saturated rings. The van der Waals surface area contributed by atoms with Crippen molar-refractivity contribution < 1.29 is 92.0 Å². The van der Waals surface area contributed by atoms with Crippen molar-refractivity contribution in [3.63, 3.8) is 0 Å². The van der Waals surface area contributed by atoms with Crippen LogP contribution in [0, 0.1) is 0 Å². The maximum Gasteiger partial charge on any atom is 0.438 e. The maximum atomic E-state index is 13.5. The van der Waals surface area contributed by atoms with E-state index in [0.29, 0.717) is 0 Å². The molecule has 1 N–H and O–H groups in total. The lowest BCUT2D eigenvalue weighted by Gasteiger charge is -2.42. The third-order valence-corrected chi connectivity index (χ3v) is 4.90. The molecule has 22 heteroatoms. The van der Waals surface area contributed by atoms with Crippen LogP contribution in [0.15, 0.2) is 0 Å². The third-order valence-electron chi connectivity index (χ3n) is 4.00. The molecule has 0 aromatic heterocycles. The highest BCUT2D eigenvalue weighted by Gasteiger charge is 2.94. The molecule has 1 unspecified atom stereocenters. The fourth-order valence-electron chi connectivity index (χ4n) is 2.01. The summed E-state index contributed by atoms with van der Waals surface area (Å²) >= 11 is 0. The van der Waals surface area contributed by atoms with Crippen LogP contribution >= 0.6 is 0 Å². The molecule has 0 amide bonds. The molecule has 0 aromatic carbocycles. The van der Waals surface area contributed by atoms with Crippen LogP contribution in [0.4, 0.5) is 79.0 Å². The van der Waals surface area contributed by atoms with E-state index in [9.17, 15) is 87.4 Å². The third kappa shape index (κ3) is 4.84. The number of hydrogen-bond donors (Lipinski definition) is 1. The number of halogens is 18. The van der Waals surface area contributed by atoms with E-state index in [1.54, 1.807) is 0 Å². The molecule has 0 radical (unpaired) electrons. The van der Waals surface area contributed by atoms with Crippen molar-refractivity contribution in [1.82, 2.24) is 0 Å². The number of alkyl halides is 18. The van der Waals surface area contributed by atoms with Gasteiger partial charge in [0.1, 0.15) is 0 Å². The Kier molecular flexibility index (Phi) is 8.30. The van der Waals surface area contributed by atoms with Gasteiger partial charge in [0.15, 0.2) is 6.17 Å². The minimum atomic E-state index is -8.74. The molecule has 0 aliphatic heterocycles. The van der Waals surface area contributed by atoms with Crippen molar-refractivity contribution >= 4 is 10.1 Å². The summed E-state index contributed by atoms with van der Waals surface area (Å²) in [6.45, 7) is 0. The smallest absolute Gasteiger partial charge is 0.281 e. The molecular formula is C12H8F18O3S. The van der Waals surface area contributed by atoms with E-state index in [-0.39, 0.29) is 0 Å². The summed E-state index contributed by atoms with van der Waals surface area (Å²) in [6, 6.07) is 0. The summed E-state index contributed by atoms with van der Waals surface area (Å²) in [5.74, 6) is -49.9. The molecule has 0 aromatic rings. The zero-order valence-electron chi connectivity index (χ0n) is 15.2. The van der Waals surface area contributed by atoms with E-state index < -0.39 is 82.5 Å². The van der Waals surface area contributed by atoms with E-state index in [0.717, 1.165) is 0 Å². The van der Waals surface area contributed by atoms with Gasteiger partial charge in [0, 0.05) is 6.42 Å². The fraction of sp³-hybridized carbons (Fsp3) is 1.00. The quantitative estimate of drug-likeness (QED) is 0.231. The first-order valence-corrected chi connectivity index (χ1v) is 9.14. The Balaban J connectivity index is 6.50. The Morgan fingerprint density at radius 3 is 1.24 bits per heavy atom. The highest BCUT2D eigenvalue weighted by atomic mass is 32.2. The van der Waals surface area contributed by atoms with Crippen LogP contribution in [0.25, 0.3) is 0 Å². The average Bonchev–Trinajstić information content (AvgIpc) is 2.58. The van der Waals surface area contributed by atoms with Crippen molar-refractivity contribution in [3.05, 3.63) is 0 Å². The monoisotopic (exact) mass is 574 g/mol. The first-order chi connectivity index (χ1) is 14.4. The van der Waals surface area contributed by atoms with Crippen LogP contribution in [0.3, 0.4) is 0 Å². The second kappa shape index (κ2) is 8.64. The molecule has 0 spiro atoms. The van der Waals surface area contributed by atoms with Gasteiger partial charge in [-0.1, -0.05) is 0 Å². The van der Waals surface area contributed by atoms with Gasteiger partial charge in [-0.25, -0.2) is 4.39 Å². The van der Waals surface area contributed by atoms with Crippen LogP contribution in [-0.4, -0.2) is 66.1 Å². The second-order valence-corrected chi connectivity index (χ2v) is 7.92. The fourth-order valence-corrected chi connectivity index (χ4v) is 2.46. The van der Waals surface area contributed by atoms with Gasteiger partial charge in [0.25, 0.3) is 0 Å². The molecule has 0 saturated carbocycles. The average molecular weight is 574 g/mol. The molecule has 0 aliphatic rings. The molecule has 0 bridgehead atoms. The highest BCUT2D eigenvalue weighted by Crippen LogP contribution is 2.63. The number of hydrogen-bond acceptors (Lipinski definition) is 2. The van der Waals surface area contributed by atoms with Gasteiger partial charge in [-0.15, -0.1) is 0 Å². The molecule has 0 saturated heterocycles. The highest BCUT2D eigenvalue weighted by molar-refractivity contribution is 7.87. The van der Waals surface area contributed by atoms with Crippen LogP contribution < -0.4 is 0 Å². The van der Waals surface area contributed by atoms with Gasteiger partial charge in [-0.05, 0) is 12.8 Å². The normalized spacial score (nSPS) is 17.1. The maximum absolute atomic E-state index is 13.5. The summed E-state index contributed by atoms with van der Waals surface area (Å²) in [5.41, 5.74) is 0. The molecule has 34 heavy (non-hydrogen) atoms. The van der Waals surface area contributed by atoms with E-state index >= 15 is 0 Å². The molecule has 1 atom stereocenters. The van der Waals surface area contributed by atoms with Crippen LogP contribution in [0.5, 0.6) is 0 Å². The summed E-state index contributed by atoms with van der Waals surface area (Å²) in [5, 5.41) is -7.80. The van der Waals surface area contributed by atoms with Gasteiger partial charge >= 0.3 is 57.1 Å². The first kappa shape index (κ1) is 32.7. The Bertz CT molecular complexity index is 830. The van der Waals surface area contributed by atoms with Gasteiger partial charge < -0.3 is 0 Å². The zero-order chi connectivity index (χ0) is 28.2. The lowest BCUT2D eigenvalue weighted by molar-refractivity contribution is -0.439. The predicted octanol–water partition coefficient (Wildman–Crippen LogP) is 6.35. The Morgan fingerprint density at radius 2 is 0.912 bits per heavy atom. The minimum Gasteiger partial charge on any atom is -0.281 e. The van der Waals surface area contributed by atoms with Crippen LogP contribution in [-0.2, 0) is 10.1 Å². The van der Waals surface area contributed by atoms with Gasteiger partial charge in [-0.2, -0.15) is 83.1 Å². The molecule has 0 rings (SSSR count).